The van der Waals surface area contributed by atoms with Crippen LogP contribution in [0.1, 0.15) is 12.0 Å². The van der Waals surface area contributed by atoms with Gasteiger partial charge in [-0.05, 0) is 12.1 Å². The molecule has 10 nitrogen and oxygen atoms in total. The first kappa shape index (κ1) is 26.9. The predicted molar refractivity (Wildman–Crippen MR) is 125 cm³/mol. The molecule has 1 aliphatic rings. The van der Waals surface area contributed by atoms with E-state index in [2.05, 4.69) is 20.4 Å². The number of benzene rings is 1. The van der Waals surface area contributed by atoms with Crippen LogP contribution in [0, 0.1) is 0 Å². The summed E-state index contributed by atoms with van der Waals surface area (Å²) in [7, 11) is 1.45. The molecule has 1 saturated heterocycles. The fourth-order valence-corrected chi connectivity index (χ4v) is 3.94. The number of rotatable bonds is 3. The molecule has 0 bridgehead atoms. The minimum atomic E-state index is -4.55. The van der Waals surface area contributed by atoms with Crippen LogP contribution in [0.25, 0.3) is 28.6 Å². The molecule has 37 heavy (non-hydrogen) atoms. The number of ether oxygens (including phenoxy) is 1. The number of methoxy groups -OCH3 is 1. The minimum Gasteiger partial charge on any atom is -0.495 e. The topological polar surface area (TPSA) is 135 Å². The van der Waals surface area contributed by atoms with Gasteiger partial charge in [-0.3, -0.25) is 4.79 Å². The van der Waals surface area contributed by atoms with E-state index in [9.17, 15) is 18.0 Å². The maximum absolute atomic E-state index is 13.0. The number of imidazole rings is 1. The molecule has 196 valence electrons. The number of aliphatic hydroxyl groups is 2. The molecule has 1 amide bonds. The third-order valence-electron chi connectivity index (χ3n) is 5.08. The van der Waals surface area contributed by atoms with E-state index in [0.29, 0.717) is 17.9 Å². The quantitative estimate of drug-likeness (QED) is 0.307. The van der Waals surface area contributed by atoms with Gasteiger partial charge < -0.3 is 29.2 Å². The first-order valence-corrected chi connectivity index (χ1v) is 11.3. The number of hydrogen-bond acceptors (Lipinski definition) is 8. The number of amides is 1. The smallest absolute Gasteiger partial charge is 0.417 e. The Morgan fingerprint density at radius 1 is 1.11 bits per heavy atom. The monoisotopic (exact) mass is 579 g/mol. The van der Waals surface area contributed by atoms with E-state index in [1.807, 2.05) is 0 Å². The molecule has 0 atom stereocenters. The second-order valence-electron chi connectivity index (χ2n) is 7.64. The summed E-state index contributed by atoms with van der Waals surface area (Å²) in [5.41, 5.74) is -0.270. The number of nitrogens with one attached hydrogen (secondary N) is 1. The van der Waals surface area contributed by atoms with E-state index in [-0.39, 0.29) is 44.5 Å². The van der Waals surface area contributed by atoms with Gasteiger partial charge in [0.25, 0.3) is 11.8 Å². The molecule has 0 aliphatic carbocycles. The Morgan fingerprint density at radius 2 is 1.84 bits per heavy atom. The van der Waals surface area contributed by atoms with Crippen LogP contribution >= 0.6 is 34.8 Å². The van der Waals surface area contributed by atoms with Gasteiger partial charge in [0.1, 0.15) is 11.4 Å². The molecule has 1 fully saturated rings. The summed E-state index contributed by atoms with van der Waals surface area (Å²) in [5, 5.41) is 23.7. The van der Waals surface area contributed by atoms with E-state index < -0.39 is 23.4 Å². The van der Waals surface area contributed by atoms with E-state index in [0.717, 1.165) is 16.7 Å². The van der Waals surface area contributed by atoms with Crippen molar-refractivity contribution >= 4 is 46.4 Å². The van der Waals surface area contributed by atoms with Gasteiger partial charge in [-0.25, -0.2) is 4.98 Å². The van der Waals surface area contributed by atoms with Crippen LogP contribution in [-0.4, -0.2) is 55.1 Å². The molecule has 3 N–H and O–H groups in total. The van der Waals surface area contributed by atoms with Gasteiger partial charge in [0.15, 0.2) is 5.65 Å². The lowest BCUT2D eigenvalue weighted by Crippen LogP contribution is -2.37. The normalized spacial score (nSPS) is 14.9. The molecule has 16 heteroatoms. The van der Waals surface area contributed by atoms with Crippen LogP contribution in [0.4, 0.5) is 13.2 Å². The average molecular weight is 581 g/mol. The molecule has 0 spiro atoms. The van der Waals surface area contributed by atoms with Crippen molar-refractivity contribution in [2.24, 2.45) is 0 Å². The molecule has 1 aromatic carbocycles. The van der Waals surface area contributed by atoms with Crippen LogP contribution in [-0.2, 0) is 11.0 Å². The molecule has 0 saturated carbocycles. The number of aromatic nitrogens is 4. The lowest BCUT2D eigenvalue weighted by molar-refractivity contribution is -0.176. The second-order valence-corrected chi connectivity index (χ2v) is 8.87. The van der Waals surface area contributed by atoms with Crippen molar-refractivity contribution in [2.75, 3.05) is 13.7 Å². The van der Waals surface area contributed by atoms with Crippen molar-refractivity contribution in [3.63, 3.8) is 0 Å². The largest absolute Gasteiger partial charge is 0.495 e. The Hall–Kier alpha value is -3.10. The fourth-order valence-electron chi connectivity index (χ4n) is 3.21. The van der Waals surface area contributed by atoms with Crippen molar-refractivity contribution < 1.29 is 37.4 Å². The summed E-state index contributed by atoms with van der Waals surface area (Å²) in [6.45, 7) is 0.353. The Morgan fingerprint density at radius 3 is 2.41 bits per heavy atom. The highest BCUT2D eigenvalue weighted by Crippen LogP contribution is 2.37. The summed E-state index contributed by atoms with van der Waals surface area (Å²) in [4.78, 5) is 18.7. The zero-order chi connectivity index (χ0) is 27.1. The van der Waals surface area contributed by atoms with Crippen LogP contribution < -0.4 is 10.1 Å². The predicted octanol–water partition coefficient (Wildman–Crippen LogP) is 4.23. The summed E-state index contributed by atoms with van der Waals surface area (Å²) in [6, 6.07) is 3.79. The lowest BCUT2D eigenvalue weighted by Gasteiger charge is -2.07. The van der Waals surface area contributed by atoms with Gasteiger partial charge in [0.05, 0.1) is 33.3 Å². The highest BCUT2D eigenvalue weighted by molar-refractivity contribution is 6.36. The van der Waals surface area contributed by atoms with Gasteiger partial charge in [-0.2, -0.15) is 18.2 Å². The molecule has 4 aromatic rings. The summed E-state index contributed by atoms with van der Waals surface area (Å²) < 4.78 is 50.4. The van der Waals surface area contributed by atoms with Crippen molar-refractivity contribution in [3.05, 3.63) is 51.2 Å². The van der Waals surface area contributed by atoms with Crippen molar-refractivity contribution in [1.82, 2.24) is 24.8 Å². The number of hydrogen-bond donors (Lipinski definition) is 3. The van der Waals surface area contributed by atoms with E-state index in [4.69, 9.17) is 54.3 Å². The first-order chi connectivity index (χ1) is 17.3. The Bertz CT molecular complexity index is 1490. The van der Waals surface area contributed by atoms with Crippen LogP contribution in [0.3, 0.4) is 0 Å². The molecular formula is C21H15Cl3F3N5O5. The lowest BCUT2D eigenvalue weighted by atomic mass is 10.2. The number of halogens is 6. The average Bonchev–Trinajstić information content (AvgIpc) is 3.54. The number of fused-ring (bicyclic) bond motifs is 1. The Kier molecular flexibility index (Phi) is 7.27. The van der Waals surface area contributed by atoms with Crippen LogP contribution in [0.15, 0.2) is 35.1 Å². The number of pyridine rings is 1. The standard InChI is InChI=1S/C17H8Cl3F3N4O2.C4H7NO3/c1-28-13-4-9(18)8(3-10(13)19)16-25-14(26-29-16)12-6-27-5-7(17(21,22)23)2-11(20)15(27)24-12;6-3-4(7,8)1-2-5-3/h2-6H,1H3;7-8H,1-2H2,(H,5,6). The van der Waals surface area contributed by atoms with Gasteiger partial charge in [0.2, 0.25) is 11.6 Å². The third kappa shape index (κ3) is 5.60. The van der Waals surface area contributed by atoms with Crippen molar-refractivity contribution in [3.8, 4) is 28.7 Å². The second kappa shape index (κ2) is 9.99. The fraction of sp³-hybridized carbons (Fsp3) is 0.238. The maximum Gasteiger partial charge on any atom is 0.417 e. The minimum absolute atomic E-state index is 0.0383. The molecule has 0 unspecified atom stereocenters. The van der Waals surface area contributed by atoms with Crippen LogP contribution in [0.2, 0.25) is 15.1 Å². The highest BCUT2D eigenvalue weighted by Gasteiger charge is 2.37. The molecule has 0 radical (unpaired) electrons. The summed E-state index contributed by atoms with van der Waals surface area (Å²) >= 11 is 18.3. The first-order valence-electron chi connectivity index (χ1n) is 10.2. The van der Waals surface area contributed by atoms with Crippen LogP contribution in [0.5, 0.6) is 5.75 Å². The number of carbonyl (C=O) groups is 1. The van der Waals surface area contributed by atoms with Gasteiger partial charge >= 0.3 is 6.18 Å². The molecule has 1 aliphatic heterocycles. The van der Waals surface area contributed by atoms with E-state index in [1.54, 1.807) is 0 Å². The molecule has 3 aromatic heterocycles. The highest BCUT2D eigenvalue weighted by atomic mass is 35.5. The van der Waals surface area contributed by atoms with E-state index in [1.165, 1.54) is 25.4 Å². The Labute approximate surface area is 220 Å². The third-order valence-corrected chi connectivity index (χ3v) is 5.97. The van der Waals surface area contributed by atoms with Crippen molar-refractivity contribution in [1.29, 1.82) is 0 Å². The van der Waals surface area contributed by atoms with Gasteiger partial charge in [-0.1, -0.05) is 40.0 Å². The van der Waals surface area contributed by atoms with Crippen molar-refractivity contribution in [2.45, 2.75) is 18.4 Å². The Balaban J connectivity index is 0.000000342. The van der Waals surface area contributed by atoms with Gasteiger partial charge in [0, 0.05) is 31.4 Å². The number of carbonyl (C=O) groups excluding carboxylic acids is 1. The SMILES string of the molecule is COc1cc(Cl)c(-c2nc(-c3cn4cc(C(F)(F)F)cc(Cl)c4n3)no2)cc1Cl.O=C1NCCC1(O)O. The molecule has 5 rings (SSSR count). The zero-order valence-electron chi connectivity index (χ0n) is 18.5. The number of alkyl halides is 3. The van der Waals surface area contributed by atoms with E-state index >= 15 is 0 Å². The molecular weight excluding hydrogens is 566 g/mol. The maximum atomic E-state index is 13.0. The van der Waals surface area contributed by atoms with Gasteiger partial charge in [-0.15, -0.1) is 0 Å². The zero-order valence-corrected chi connectivity index (χ0v) is 20.7. The summed E-state index contributed by atoms with van der Waals surface area (Å²) in [5.74, 6) is -2.34. The molecule has 4 heterocycles. The summed E-state index contributed by atoms with van der Waals surface area (Å²) in [6.07, 6.45) is -2.27. The number of nitrogens with zero attached hydrogens (tertiary/aromatic N) is 4.